The van der Waals surface area contributed by atoms with Crippen LogP contribution in [0.3, 0.4) is 0 Å². The maximum atomic E-state index is 2.63. The lowest BCUT2D eigenvalue weighted by Gasteiger charge is -2.49. The Labute approximate surface area is 510 Å². The highest BCUT2D eigenvalue weighted by Gasteiger charge is 2.60. The molecule has 18 rings (SSSR count). The number of benzene rings is 13. The molecule has 1 unspecified atom stereocenters. The monoisotopic (exact) mass is 1110 g/mol. The topological polar surface area (TPSA) is 3.24 Å². The lowest BCUT2D eigenvalue weighted by atomic mass is 9.52. The third kappa shape index (κ3) is 6.64. The van der Waals surface area contributed by atoms with Crippen LogP contribution in [0, 0.1) is 0 Å². The molecule has 0 saturated heterocycles. The highest BCUT2D eigenvalue weighted by Crippen LogP contribution is 2.69. The van der Waals surface area contributed by atoms with Crippen molar-refractivity contribution in [3.05, 3.63) is 364 Å². The Kier molecular flexibility index (Phi) is 10.4. The zero-order valence-electron chi connectivity index (χ0n) is 49.2. The second-order valence-electron chi connectivity index (χ2n) is 25.8. The van der Waals surface area contributed by atoms with E-state index >= 15 is 0 Å². The molecular formula is C86H61N. The van der Waals surface area contributed by atoms with E-state index in [2.05, 4.69) is 330 Å². The molecule has 0 amide bonds. The summed E-state index contributed by atoms with van der Waals surface area (Å²) in [5, 5.41) is 0. The van der Waals surface area contributed by atoms with Crippen LogP contribution in [-0.4, -0.2) is 0 Å². The predicted octanol–water partition coefficient (Wildman–Crippen LogP) is 21.8. The van der Waals surface area contributed by atoms with Crippen LogP contribution in [0.5, 0.6) is 0 Å². The molecule has 1 nitrogen and oxygen atoms in total. The molecule has 0 bridgehead atoms. The minimum absolute atomic E-state index is 0.0960. The number of hydrogen-bond acceptors (Lipinski definition) is 1. The molecule has 13 aromatic carbocycles. The van der Waals surface area contributed by atoms with Crippen LogP contribution in [0.2, 0.25) is 0 Å². The van der Waals surface area contributed by atoms with Gasteiger partial charge in [0.1, 0.15) is 0 Å². The van der Waals surface area contributed by atoms with Crippen LogP contribution >= 0.6 is 0 Å². The van der Waals surface area contributed by atoms with Crippen LogP contribution in [0.25, 0.3) is 77.9 Å². The van der Waals surface area contributed by atoms with Gasteiger partial charge in [-0.05, 0) is 194 Å². The molecule has 0 saturated carbocycles. The normalized spacial score (nSPS) is 16.4. The van der Waals surface area contributed by atoms with Crippen LogP contribution in [0.4, 0.5) is 17.1 Å². The molecule has 0 heterocycles. The van der Waals surface area contributed by atoms with Crippen LogP contribution in [0.1, 0.15) is 94.5 Å². The Morgan fingerprint density at radius 1 is 0.207 bits per heavy atom. The fraction of sp³-hybridized carbons (Fsp3) is 0.0930. The number of nitrogens with zero attached hydrogens (tertiary/aromatic N) is 1. The van der Waals surface area contributed by atoms with Crippen molar-refractivity contribution in [3.8, 4) is 77.9 Å². The zero-order valence-corrected chi connectivity index (χ0v) is 49.2. The highest BCUT2D eigenvalue weighted by molar-refractivity contribution is 6.01. The Morgan fingerprint density at radius 2 is 0.540 bits per heavy atom. The van der Waals surface area contributed by atoms with Crippen LogP contribution in [-0.2, 0) is 21.7 Å². The second-order valence-corrected chi connectivity index (χ2v) is 25.8. The first-order valence-electron chi connectivity index (χ1n) is 30.9. The largest absolute Gasteiger partial charge is 0.310 e. The molecule has 1 atom stereocenters. The first-order valence-corrected chi connectivity index (χ1v) is 30.9. The van der Waals surface area contributed by atoms with Gasteiger partial charge in [-0.25, -0.2) is 0 Å². The predicted molar refractivity (Wildman–Crippen MR) is 361 cm³/mol. The van der Waals surface area contributed by atoms with Crippen molar-refractivity contribution in [1.82, 2.24) is 0 Å². The molecule has 2 spiro atoms. The van der Waals surface area contributed by atoms with Crippen molar-refractivity contribution in [1.29, 1.82) is 0 Å². The summed E-state index contributed by atoms with van der Waals surface area (Å²) >= 11 is 0. The summed E-state index contributed by atoms with van der Waals surface area (Å²) in [5.41, 5.74) is 35.4. The van der Waals surface area contributed by atoms with E-state index in [1.54, 1.807) is 0 Å². The first kappa shape index (κ1) is 50.0. The quantitative estimate of drug-likeness (QED) is 0.160. The minimum atomic E-state index is -0.773. The van der Waals surface area contributed by atoms with Crippen molar-refractivity contribution in [2.45, 2.75) is 49.4 Å². The number of hydrogen-bond donors (Lipinski definition) is 0. The fourth-order valence-electron chi connectivity index (χ4n) is 17.1. The van der Waals surface area contributed by atoms with E-state index in [4.69, 9.17) is 0 Å². The summed E-state index contributed by atoms with van der Waals surface area (Å²) in [6, 6.07) is 114. The maximum absolute atomic E-state index is 2.63. The summed E-state index contributed by atoms with van der Waals surface area (Å²) in [6.45, 7) is 9.52. The Morgan fingerprint density at radius 3 is 1.05 bits per heavy atom. The molecule has 0 aliphatic heterocycles. The van der Waals surface area contributed by atoms with E-state index in [1.807, 2.05) is 0 Å². The standard InChI is InChI=1S/C86H61N/c1-83(2)69-31-16-11-28-64(69)67-50-56(40-46-71(67)83)58-43-49-77-79(52-58)85(73-33-18-13-26-62(73)63-27-14-19-34-74(63)85)76-48-42-59(57-41-47-72-68(51-57)65-29-12-17-32-70(65)84(72,3)4)53-80(76)86(77)75-35-20-15-30-66(75)82-78(86)36-21-37-81(82)87(60-24-9-6-10-25-60)61-44-38-55(39-45-61)54-22-7-5-8-23-54/h5-53H,1-4H3. The SMILES string of the molecule is CC1(C)c2ccccc2-c2cc(-c3ccc4c(c3)C3(c5ccccc5-c5ccccc53)c3ccc(-c5ccc6c(c5)-c5ccccc5C6(C)C)cc3C43c4ccccc4-c4c(N(c5ccccc5)c5ccc(-c6ccccc6)cc5)cccc43)ccc21. The van der Waals surface area contributed by atoms with Gasteiger partial charge >= 0.3 is 0 Å². The lowest BCUT2D eigenvalue weighted by molar-refractivity contribution is 0.633. The molecule has 0 N–H and O–H groups in total. The van der Waals surface area contributed by atoms with Gasteiger partial charge in [0.05, 0.1) is 16.5 Å². The molecule has 0 aromatic heterocycles. The molecule has 410 valence electrons. The van der Waals surface area contributed by atoms with Crippen LogP contribution in [0.15, 0.2) is 297 Å². The average molecular weight is 1110 g/mol. The molecule has 87 heavy (non-hydrogen) atoms. The summed E-state index contributed by atoms with van der Waals surface area (Å²) in [6.07, 6.45) is 0. The Hall–Kier alpha value is -10.3. The zero-order chi connectivity index (χ0) is 58.0. The summed E-state index contributed by atoms with van der Waals surface area (Å²) in [4.78, 5) is 2.50. The van der Waals surface area contributed by atoms with Gasteiger partial charge in [-0.2, -0.15) is 0 Å². The van der Waals surface area contributed by atoms with Gasteiger partial charge in [0.2, 0.25) is 0 Å². The van der Waals surface area contributed by atoms with E-state index in [9.17, 15) is 0 Å². The lowest BCUT2D eigenvalue weighted by Crippen LogP contribution is -2.44. The summed E-state index contributed by atoms with van der Waals surface area (Å²) < 4.78 is 0. The van der Waals surface area contributed by atoms with Gasteiger partial charge in [-0.3, -0.25) is 0 Å². The van der Waals surface area contributed by atoms with Crippen molar-refractivity contribution in [2.24, 2.45) is 0 Å². The third-order valence-electron chi connectivity index (χ3n) is 21.0. The van der Waals surface area contributed by atoms with E-state index in [1.165, 1.54) is 145 Å². The van der Waals surface area contributed by atoms with Crippen molar-refractivity contribution < 1.29 is 0 Å². The van der Waals surface area contributed by atoms with E-state index in [0.29, 0.717) is 0 Å². The molecular weight excluding hydrogens is 1050 g/mol. The third-order valence-corrected chi connectivity index (χ3v) is 21.0. The van der Waals surface area contributed by atoms with Crippen molar-refractivity contribution >= 4 is 17.1 Å². The van der Waals surface area contributed by atoms with Gasteiger partial charge in [-0.15, -0.1) is 0 Å². The average Bonchev–Trinajstić information content (AvgIpc) is 1.55. The van der Waals surface area contributed by atoms with E-state index < -0.39 is 10.8 Å². The molecule has 13 aromatic rings. The maximum Gasteiger partial charge on any atom is 0.0721 e. The highest BCUT2D eigenvalue weighted by atomic mass is 15.1. The van der Waals surface area contributed by atoms with Crippen molar-refractivity contribution in [3.63, 3.8) is 0 Å². The van der Waals surface area contributed by atoms with Gasteiger partial charge in [0.25, 0.3) is 0 Å². The summed E-state index contributed by atoms with van der Waals surface area (Å²) in [7, 11) is 0. The van der Waals surface area contributed by atoms with Gasteiger partial charge in [-0.1, -0.05) is 270 Å². The van der Waals surface area contributed by atoms with E-state index in [0.717, 1.165) is 17.1 Å². The molecule has 0 radical (unpaired) electrons. The summed E-state index contributed by atoms with van der Waals surface area (Å²) in [5.74, 6) is 0. The molecule has 5 aliphatic carbocycles. The molecule has 1 heteroatoms. The Bertz CT molecular complexity index is 4990. The smallest absolute Gasteiger partial charge is 0.0721 e. The first-order chi connectivity index (χ1) is 42.7. The molecule has 5 aliphatic rings. The van der Waals surface area contributed by atoms with Gasteiger partial charge in [0, 0.05) is 27.8 Å². The second kappa shape index (κ2) is 18.1. The number of fused-ring (bicyclic) bond motifs is 22. The fourth-order valence-corrected chi connectivity index (χ4v) is 17.1. The van der Waals surface area contributed by atoms with Gasteiger partial charge < -0.3 is 4.90 Å². The van der Waals surface area contributed by atoms with Gasteiger partial charge in [0.15, 0.2) is 0 Å². The van der Waals surface area contributed by atoms with Crippen LogP contribution < -0.4 is 4.90 Å². The van der Waals surface area contributed by atoms with Crippen molar-refractivity contribution in [2.75, 3.05) is 4.90 Å². The van der Waals surface area contributed by atoms with E-state index in [-0.39, 0.29) is 10.8 Å². The number of anilines is 3. The minimum Gasteiger partial charge on any atom is -0.310 e. The number of para-hydroxylation sites is 1. The molecule has 0 fully saturated rings. The number of rotatable bonds is 6. The Balaban J connectivity index is 0.950.